The Hall–Kier alpha value is -4.26. The van der Waals surface area contributed by atoms with E-state index in [9.17, 15) is 9.90 Å². The van der Waals surface area contributed by atoms with Gasteiger partial charge in [0.25, 0.3) is 5.91 Å². The summed E-state index contributed by atoms with van der Waals surface area (Å²) in [5, 5.41) is 18.0. The summed E-state index contributed by atoms with van der Waals surface area (Å²) in [6.07, 6.45) is 1.52. The molecule has 0 heterocycles. The Labute approximate surface area is 229 Å². The lowest BCUT2D eigenvalue weighted by Gasteiger charge is -2.27. The van der Waals surface area contributed by atoms with E-state index in [1.165, 1.54) is 11.6 Å². The molecular formula is C32H25BrN2O3. The molecule has 0 saturated carbocycles. The van der Waals surface area contributed by atoms with Crippen molar-refractivity contribution in [1.29, 1.82) is 0 Å². The molecule has 0 aliphatic rings. The zero-order valence-corrected chi connectivity index (χ0v) is 22.0. The van der Waals surface area contributed by atoms with E-state index in [1.807, 2.05) is 48.5 Å². The number of carbonyl (C=O) groups is 1. The second kappa shape index (κ2) is 11.4. The fourth-order valence-corrected chi connectivity index (χ4v) is 4.83. The van der Waals surface area contributed by atoms with Crippen molar-refractivity contribution in [2.45, 2.75) is 12.2 Å². The quantitative estimate of drug-likeness (QED) is 0.165. The first-order chi connectivity index (χ1) is 18.6. The molecule has 0 bridgehead atoms. The largest absolute Gasteiger partial charge is 0.488 e. The van der Waals surface area contributed by atoms with Gasteiger partial charge in [0.1, 0.15) is 12.4 Å². The summed E-state index contributed by atoms with van der Waals surface area (Å²) < 4.78 is 6.84. The maximum atomic E-state index is 13.2. The van der Waals surface area contributed by atoms with Crippen molar-refractivity contribution >= 4 is 38.8 Å². The second-order valence-corrected chi connectivity index (χ2v) is 9.61. The van der Waals surface area contributed by atoms with E-state index in [0.717, 1.165) is 21.0 Å². The van der Waals surface area contributed by atoms with Crippen LogP contribution < -0.4 is 10.2 Å². The van der Waals surface area contributed by atoms with Crippen molar-refractivity contribution in [3.63, 3.8) is 0 Å². The third kappa shape index (κ3) is 5.37. The zero-order valence-electron chi connectivity index (χ0n) is 20.4. The van der Waals surface area contributed by atoms with Gasteiger partial charge >= 0.3 is 0 Å². The summed E-state index contributed by atoms with van der Waals surface area (Å²) >= 11 is 3.57. The molecule has 5 aromatic rings. The Kier molecular flexibility index (Phi) is 7.63. The van der Waals surface area contributed by atoms with Crippen LogP contribution >= 0.6 is 15.9 Å². The van der Waals surface area contributed by atoms with E-state index >= 15 is 0 Å². The van der Waals surface area contributed by atoms with Gasteiger partial charge in [-0.15, -0.1) is 0 Å². The maximum absolute atomic E-state index is 13.2. The first kappa shape index (κ1) is 25.4. The molecule has 188 valence electrons. The molecule has 0 fully saturated rings. The van der Waals surface area contributed by atoms with Crippen LogP contribution in [0.4, 0.5) is 0 Å². The molecule has 6 heteroatoms. The number of amides is 1. The number of hydrazone groups is 1. The normalized spacial score (nSPS) is 11.5. The van der Waals surface area contributed by atoms with E-state index < -0.39 is 11.5 Å². The van der Waals surface area contributed by atoms with Gasteiger partial charge in [-0.2, -0.15) is 5.10 Å². The molecule has 0 radical (unpaired) electrons. The molecule has 5 nitrogen and oxygen atoms in total. The Balaban J connectivity index is 1.28. The molecule has 0 aliphatic carbocycles. The van der Waals surface area contributed by atoms with Gasteiger partial charge in [0.2, 0.25) is 0 Å². The number of aliphatic hydroxyl groups is 1. The number of hydrogen-bond donors (Lipinski definition) is 2. The Morgan fingerprint density at radius 1 is 0.842 bits per heavy atom. The van der Waals surface area contributed by atoms with E-state index in [2.05, 4.69) is 50.7 Å². The minimum absolute atomic E-state index is 0.432. The number of ether oxygens (including phenoxy) is 1. The summed E-state index contributed by atoms with van der Waals surface area (Å²) in [6.45, 7) is 0.432. The van der Waals surface area contributed by atoms with Crippen LogP contribution in [0, 0.1) is 0 Å². The predicted molar refractivity (Wildman–Crippen MR) is 154 cm³/mol. The topological polar surface area (TPSA) is 70.9 Å². The highest BCUT2D eigenvalue weighted by molar-refractivity contribution is 9.10. The van der Waals surface area contributed by atoms with Gasteiger partial charge in [0, 0.05) is 0 Å². The number of nitrogens with one attached hydrogen (secondary N) is 1. The van der Waals surface area contributed by atoms with Crippen LogP contribution in [0.2, 0.25) is 0 Å². The van der Waals surface area contributed by atoms with Gasteiger partial charge in [-0.3, -0.25) is 4.79 Å². The highest BCUT2D eigenvalue weighted by Gasteiger charge is 2.39. The minimum atomic E-state index is -1.89. The average Bonchev–Trinajstić information content (AvgIpc) is 2.97. The standard InChI is InChI=1S/C32H25BrN2O3/c33-29-20-23(18-19-30(29)38-22-25-12-9-11-24-10-7-8-17-28(24)25)21-34-35-31(36)32(37,26-13-3-1-4-14-26)27-15-5-2-6-16-27/h1-21,37H,22H2,(H,35,36)/b34-21+. The van der Waals surface area contributed by atoms with Crippen LogP contribution in [0.1, 0.15) is 22.3 Å². The smallest absolute Gasteiger partial charge is 0.281 e. The monoisotopic (exact) mass is 564 g/mol. The van der Waals surface area contributed by atoms with Crippen LogP contribution in [0.3, 0.4) is 0 Å². The average molecular weight is 565 g/mol. The summed E-state index contributed by atoms with van der Waals surface area (Å²) in [6, 6.07) is 37.6. The second-order valence-electron chi connectivity index (χ2n) is 8.76. The van der Waals surface area contributed by atoms with Gasteiger partial charge < -0.3 is 9.84 Å². The number of fused-ring (bicyclic) bond motifs is 1. The lowest BCUT2D eigenvalue weighted by atomic mass is 9.85. The Bertz CT molecular complexity index is 1540. The lowest BCUT2D eigenvalue weighted by Crippen LogP contribution is -2.43. The van der Waals surface area contributed by atoms with Crippen LogP contribution in [-0.4, -0.2) is 17.2 Å². The van der Waals surface area contributed by atoms with E-state index in [0.29, 0.717) is 23.5 Å². The SMILES string of the molecule is O=C(N/N=C/c1ccc(OCc2cccc3ccccc23)c(Br)c1)C(O)(c1ccccc1)c1ccccc1. The van der Waals surface area contributed by atoms with E-state index in [-0.39, 0.29) is 0 Å². The maximum Gasteiger partial charge on any atom is 0.281 e. The molecule has 0 saturated heterocycles. The third-order valence-electron chi connectivity index (χ3n) is 6.31. The summed E-state index contributed by atoms with van der Waals surface area (Å²) in [5.74, 6) is 0.0434. The molecule has 38 heavy (non-hydrogen) atoms. The molecule has 5 aromatic carbocycles. The number of rotatable bonds is 8. The lowest BCUT2D eigenvalue weighted by molar-refractivity contribution is -0.136. The molecule has 0 unspecified atom stereocenters. The van der Waals surface area contributed by atoms with Gasteiger partial charge in [0.05, 0.1) is 10.7 Å². The van der Waals surface area contributed by atoms with Gasteiger partial charge in [-0.25, -0.2) is 5.43 Å². The van der Waals surface area contributed by atoms with Gasteiger partial charge in [-0.05, 0) is 67.2 Å². The van der Waals surface area contributed by atoms with E-state index in [4.69, 9.17) is 4.74 Å². The summed E-state index contributed by atoms with van der Waals surface area (Å²) in [5.41, 5.74) is 3.37. The van der Waals surface area contributed by atoms with Crippen LogP contribution in [0.15, 0.2) is 131 Å². The number of carbonyl (C=O) groups excluding carboxylic acids is 1. The molecule has 0 atom stereocenters. The third-order valence-corrected chi connectivity index (χ3v) is 6.93. The van der Waals surface area contributed by atoms with Crippen molar-refractivity contribution in [2.75, 3.05) is 0 Å². The molecule has 5 rings (SSSR count). The van der Waals surface area contributed by atoms with Crippen molar-refractivity contribution in [2.24, 2.45) is 5.10 Å². The number of benzene rings is 5. The zero-order chi connectivity index (χ0) is 26.4. The summed E-state index contributed by atoms with van der Waals surface area (Å²) in [4.78, 5) is 13.2. The van der Waals surface area contributed by atoms with Crippen molar-refractivity contribution < 1.29 is 14.6 Å². The number of halogens is 1. The predicted octanol–water partition coefficient (Wildman–Crippen LogP) is 6.57. The molecule has 0 aliphatic heterocycles. The van der Waals surface area contributed by atoms with Gasteiger partial charge in [0.15, 0.2) is 5.60 Å². The molecule has 0 spiro atoms. The Morgan fingerprint density at radius 3 is 2.16 bits per heavy atom. The Morgan fingerprint density at radius 2 is 1.47 bits per heavy atom. The molecule has 0 aromatic heterocycles. The fraction of sp³-hybridized carbons (Fsp3) is 0.0625. The van der Waals surface area contributed by atoms with Crippen LogP contribution in [-0.2, 0) is 17.0 Å². The summed E-state index contributed by atoms with van der Waals surface area (Å²) in [7, 11) is 0. The van der Waals surface area contributed by atoms with Crippen molar-refractivity contribution in [3.8, 4) is 5.75 Å². The first-order valence-corrected chi connectivity index (χ1v) is 12.9. The number of hydrogen-bond acceptors (Lipinski definition) is 4. The van der Waals surface area contributed by atoms with Gasteiger partial charge in [-0.1, -0.05) is 103 Å². The highest BCUT2D eigenvalue weighted by atomic mass is 79.9. The molecule has 2 N–H and O–H groups in total. The van der Waals surface area contributed by atoms with Crippen LogP contribution in [0.25, 0.3) is 10.8 Å². The fourth-order valence-electron chi connectivity index (χ4n) is 4.32. The highest BCUT2D eigenvalue weighted by Crippen LogP contribution is 2.30. The minimum Gasteiger partial charge on any atom is -0.488 e. The van der Waals surface area contributed by atoms with Crippen LogP contribution in [0.5, 0.6) is 5.75 Å². The molecular weight excluding hydrogens is 540 g/mol. The van der Waals surface area contributed by atoms with E-state index in [1.54, 1.807) is 48.5 Å². The number of nitrogens with zero attached hydrogens (tertiary/aromatic N) is 1. The first-order valence-electron chi connectivity index (χ1n) is 12.1. The van der Waals surface area contributed by atoms with Crippen molar-refractivity contribution in [3.05, 3.63) is 148 Å². The van der Waals surface area contributed by atoms with Crippen molar-refractivity contribution in [1.82, 2.24) is 5.43 Å². The molecule has 1 amide bonds.